The van der Waals surface area contributed by atoms with E-state index in [0.717, 1.165) is 24.2 Å². The number of hydrogen-bond acceptors (Lipinski definition) is 2. The van der Waals surface area contributed by atoms with E-state index in [-0.39, 0.29) is 5.82 Å². The van der Waals surface area contributed by atoms with Gasteiger partial charge in [0, 0.05) is 13.1 Å². The lowest BCUT2D eigenvalue weighted by atomic mass is 10.1. The molecule has 3 heteroatoms. The summed E-state index contributed by atoms with van der Waals surface area (Å²) in [6.45, 7) is 4.28. The van der Waals surface area contributed by atoms with E-state index in [2.05, 4.69) is 11.8 Å². The molecule has 2 nitrogen and oxygen atoms in total. The molecule has 1 rings (SSSR count). The third-order valence-corrected chi connectivity index (χ3v) is 2.37. The van der Waals surface area contributed by atoms with Crippen LogP contribution in [0.1, 0.15) is 18.1 Å². The van der Waals surface area contributed by atoms with Gasteiger partial charge in [0.25, 0.3) is 0 Å². The molecule has 0 bridgehead atoms. The van der Waals surface area contributed by atoms with E-state index in [1.54, 1.807) is 0 Å². The van der Waals surface area contributed by atoms with Gasteiger partial charge in [0.15, 0.2) is 0 Å². The first-order valence-corrected chi connectivity index (χ1v) is 4.83. The molecule has 0 aromatic heterocycles. The smallest absolute Gasteiger partial charge is 0.123 e. The maximum atomic E-state index is 12.9. The first kappa shape index (κ1) is 11.1. The largest absolute Gasteiger partial charge is 0.326 e. The highest BCUT2D eigenvalue weighted by Crippen LogP contribution is 2.12. The van der Waals surface area contributed by atoms with Crippen LogP contribution in [0.15, 0.2) is 18.2 Å². The molecule has 0 spiro atoms. The van der Waals surface area contributed by atoms with E-state index in [1.165, 1.54) is 12.1 Å². The van der Waals surface area contributed by atoms with Crippen molar-refractivity contribution in [3.63, 3.8) is 0 Å². The molecule has 0 unspecified atom stereocenters. The monoisotopic (exact) mass is 196 g/mol. The van der Waals surface area contributed by atoms with Crippen molar-refractivity contribution in [1.82, 2.24) is 4.90 Å². The summed E-state index contributed by atoms with van der Waals surface area (Å²) in [4.78, 5) is 2.16. The SMILES string of the molecule is CCN(C)Cc1ccc(F)cc1CN. The summed E-state index contributed by atoms with van der Waals surface area (Å²) in [6, 6.07) is 4.81. The van der Waals surface area contributed by atoms with Crippen LogP contribution in [-0.4, -0.2) is 18.5 Å². The van der Waals surface area contributed by atoms with E-state index in [9.17, 15) is 4.39 Å². The minimum atomic E-state index is -0.214. The third-order valence-electron chi connectivity index (χ3n) is 2.37. The van der Waals surface area contributed by atoms with Crippen LogP contribution in [0.3, 0.4) is 0 Å². The first-order chi connectivity index (χ1) is 6.67. The van der Waals surface area contributed by atoms with Crippen molar-refractivity contribution in [2.75, 3.05) is 13.6 Å². The predicted molar refractivity (Wildman–Crippen MR) is 56.3 cm³/mol. The Morgan fingerprint density at radius 1 is 1.36 bits per heavy atom. The Morgan fingerprint density at radius 2 is 2.07 bits per heavy atom. The fourth-order valence-electron chi connectivity index (χ4n) is 1.34. The number of benzene rings is 1. The molecule has 2 N–H and O–H groups in total. The fraction of sp³-hybridized carbons (Fsp3) is 0.455. The van der Waals surface area contributed by atoms with Gasteiger partial charge in [-0.3, -0.25) is 0 Å². The van der Waals surface area contributed by atoms with Gasteiger partial charge < -0.3 is 10.6 Å². The predicted octanol–water partition coefficient (Wildman–Crippen LogP) is 1.74. The summed E-state index contributed by atoms with van der Waals surface area (Å²) in [5.74, 6) is -0.214. The van der Waals surface area contributed by atoms with Gasteiger partial charge in [0.05, 0.1) is 0 Å². The highest BCUT2D eigenvalue weighted by molar-refractivity contribution is 5.27. The lowest BCUT2D eigenvalue weighted by molar-refractivity contribution is 0.344. The maximum Gasteiger partial charge on any atom is 0.123 e. The van der Waals surface area contributed by atoms with Crippen molar-refractivity contribution in [2.45, 2.75) is 20.0 Å². The average molecular weight is 196 g/mol. The van der Waals surface area contributed by atoms with Crippen molar-refractivity contribution in [2.24, 2.45) is 5.73 Å². The number of nitrogens with zero attached hydrogens (tertiary/aromatic N) is 1. The molecule has 0 aliphatic rings. The number of nitrogens with two attached hydrogens (primary N) is 1. The molecule has 0 aliphatic carbocycles. The lowest BCUT2D eigenvalue weighted by Crippen LogP contribution is -2.18. The van der Waals surface area contributed by atoms with Crippen LogP contribution in [0.2, 0.25) is 0 Å². The normalized spacial score (nSPS) is 10.9. The molecule has 1 aromatic rings. The van der Waals surface area contributed by atoms with Crippen molar-refractivity contribution >= 4 is 0 Å². The Morgan fingerprint density at radius 3 is 2.64 bits per heavy atom. The molecule has 0 fully saturated rings. The molecule has 0 atom stereocenters. The first-order valence-electron chi connectivity index (χ1n) is 4.83. The highest BCUT2D eigenvalue weighted by Gasteiger charge is 2.04. The Balaban J connectivity index is 2.85. The number of hydrogen-bond donors (Lipinski definition) is 1. The molecule has 78 valence electrons. The molecule has 0 saturated carbocycles. The summed E-state index contributed by atoms with van der Waals surface area (Å²) in [7, 11) is 2.03. The molecule has 0 aliphatic heterocycles. The second-order valence-electron chi connectivity index (χ2n) is 3.45. The number of halogens is 1. The van der Waals surface area contributed by atoms with Crippen molar-refractivity contribution in [1.29, 1.82) is 0 Å². The molecule has 0 radical (unpaired) electrons. The average Bonchev–Trinajstić information content (AvgIpc) is 2.20. The van der Waals surface area contributed by atoms with Crippen molar-refractivity contribution in [3.8, 4) is 0 Å². The van der Waals surface area contributed by atoms with Gasteiger partial charge >= 0.3 is 0 Å². The zero-order valence-electron chi connectivity index (χ0n) is 8.76. The third kappa shape index (κ3) is 2.79. The van der Waals surface area contributed by atoms with Gasteiger partial charge in [-0.15, -0.1) is 0 Å². The van der Waals surface area contributed by atoms with E-state index in [0.29, 0.717) is 6.54 Å². The Hall–Kier alpha value is -0.930. The van der Waals surface area contributed by atoms with Crippen LogP contribution >= 0.6 is 0 Å². The molecule has 1 aromatic carbocycles. The summed E-state index contributed by atoms with van der Waals surface area (Å²) in [6.07, 6.45) is 0. The summed E-state index contributed by atoms with van der Waals surface area (Å²) >= 11 is 0. The summed E-state index contributed by atoms with van der Waals surface area (Å²) < 4.78 is 12.9. The zero-order valence-corrected chi connectivity index (χ0v) is 8.76. The van der Waals surface area contributed by atoms with Gasteiger partial charge in [0.1, 0.15) is 5.82 Å². The van der Waals surface area contributed by atoms with Crippen LogP contribution in [0.5, 0.6) is 0 Å². The van der Waals surface area contributed by atoms with E-state index < -0.39 is 0 Å². The molecule has 0 amide bonds. The second kappa shape index (κ2) is 5.08. The van der Waals surface area contributed by atoms with Crippen molar-refractivity contribution in [3.05, 3.63) is 35.1 Å². The van der Waals surface area contributed by atoms with Crippen LogP contribution < -0.4 is 5.73 Å². The lowest BCUT2D eigenvalue weighted by Gasteiger charge is -2.16. The van der Waals surface area contributed by atoms with E-state index in [1.807, 2.05) is 13.1 Å². The Kier molecular flexibility index (Phi) is 4.04. The molecule has 0 saturated heterocycles. The molecule has 14 heavy (non-hydrogen) atoms. The van der Waals surface area contributed by atoms with Crippen molar-refractivity contribution < 1.29 is 4.39 Å². The minimum absolute atomic E-state index is 0.214. The summed E-state index contributed by atoms with van der Waals surface area (Å²) in [5, 5.41) is 0. The Bertz CT molecular complexity index is 299. The van der Waals surface area contributed by atoms with Crippen LogP contribution in [0, 0.1) is 5.82 Å². The molecular weight excluding hydrogens is 179 g/mol. The van der Waals surface area contributed by atoms with Gasteiger partial charge in [0.2, 0.25) is 0 Å². The highest BCUT2D eigenvalue weighted by atomic mass is 19.1. The van der Waals surface area contributed by atoms with Gasteiger partial charge in [-0.2, -0.15) is 0 Å². The van der Waals surface area contributed by atoms with Gasteiger partial charge in [-0.25, -0.2) is 4.39 Å². The zero-order chi connectivity index (χ0) is 10.6. The van der Waals surface area contributed by atoms with Crippen LogP contribution in [0.25, 0.3) is 0 Å². The fourth-order valence-corrected chi connectivity index (χ4v) is 1.34. The standard InChI is InChI=1S/C11H17FN2/c1-3-14(2)8-9-4-5-11(12)6-10(9)7-13/h4-6H,3,7-8,13H2,1-2H3. The molecular formula is C11H17FN2. The number of rotatable bonds is 4. The molecule has 0 heterocycles. The van der Waals surface area contributed by atoms with Gasteiger partial charge in [-0.05, 0) is 36.9 Å². The quantitative estimate of drug-likeness (QED) is 0.794. The van der Waals surface area contributed by atoms with Crippen LogP contribution in [-0.2, 0) is 13.1 Å². The minimum Gasteiger partial charge on any atom is -0.326 e. The van der Waals surface area contributed by atoms with E-state index in [4.69, 9.17) is 5.73 Å². The van der Waals surface area contributed by atoms with Gasteiger partial charge in [-0.1, -0.05) is 13.0 Å². The Labute approximate surface area is 84.5 Å². The topological polar surface area (TPSA) is 29.3 Å². The van der Waals surface area contributed by atoms with E-state index >= 15 is 0 Å². The summed E-state index contributed by atoms with van der Waals surface area (Å²) in [5.41, 5.74) is 7.55. The maximum absolute atomic E-state index is 12.9. The second-order valence-corrected chi connectivity index (χ2v) is 3.45. The van der Waals surface area contributed by atoms with Crippen LogP contribution in [0.4, 0.5) is 4.39 Å².